The highest BCUT2D eigenvalue weighted by atomic mass is 16.1. The molecule has 0 saturated carbocycles. The van der Waals surface area contributed by atoms with Crippen molar-refractivity contribution in [2.75, 3.05) is 36.8 Å². The highest BCUT2D eigenvalue weighted by Gasteiger charge is 2.25. The number of carbonyl (C=O) groups is 1. The van der Waals surface area contributed by atoms with Gasteiger partial charge in [-0.25, -0.2) is 9.97 Å². The van der Waals surface area contributed by atoms with E-state index in [4.69, 9.17) is 0 Å². The molecular weight excluding hydrogens is 402 g/mol. The zero-order valence-corrected chi connectivity index (χ0v) is 17.9. The van der Waals surface area contributed by atoms with Crippen LogP contribution in [0.3, 0.4) is 0 Å². The van der Waals surface area contributed by atoms with Crippen LogP contribution in [0.1, 0.15) is 18.4 Å². The normalized spacial score (nSPS) is 21.1. The number of amides is 1. The number of hydrogen-bond acceptors (Lipinski definition) is 7. The summed E-state index contributed by atoms with van der Waals surface area (Å²) in [5.41, 5.74) is 3.98. The Kier molecular flexibility index (Phi) is 5.93. The maximum absolute atomic E-state index is 12.7. The number of rotatable bonds is 0. The molecule has 1 fully saturated rings. The minimum absolute atomic E-state index is 0.0384. The molecule has 0 spiro atoms. The molecule has 3 N–H and O–H groups in total. The van der Waals surface area contributed by atoms with E-state index in [1.54, 1.807) is 0 Å². The van der Waals surface area contributed by atoms with E-state index in [0.29, 0.717) is 24.9 Å². The quantitative estimate of drug-likeness (QED) is 0.506. The molecule has 32 heavy (non-hydrogen) atoms. The number of nitrogens with zero attached hydrogens (tertiary/aromatic N) is 4. The average Bonchev–Trinajstić information content (AvgIpc) is 2.82. The van der Waals surface area contributed by atoms with Crippen molar-refractivity contribution in [1.29, 1.82) is 0 Å². The Morgan fingerprint density at radius 3 is 2.81 bits per heavy atom. The van der Waals surface area contributed by atoms with E-state index in [-0.39, 0.29) is 11.8 Å². The monoisotopic (exact) mass is 429 g/mol. The maximum atomic E-state index is 12.7. The van der Waals surface area contributed by atoms with Gasteiger partial charge in [0.05, 0.1) is 5.92 Å². The summed E-state index contributed by atoms with van der Waals surface area (Å²) in [7, 11) is 0. The van der Waals surface area contributed by atoms with Crippen molar-refractivity contribution in [2.45, 2.75) is 19.4 Å². The number of anilines is 3. The molecule has 1 amide bonds. The van der Waals surface area contributed by atoms with E-state index < -0.39 is 0 Å². The summed E-state index contributed by atoms with van der Waals surface area (Å²) in [5.74, 6) is 1.30. The fourth-order valence-corrected chi connectivity index (χ4v) is 4.35. The molecule has 5 rings (SSSR count). The third-order valence-corrected chi connectivity index (χ3v) is 5.91. The number of benzene rings is 2. The summed E-state index contributed by atoms with van der Waals surface area (Å²) >= 11 is 0. The maximum Gasteiger partial charge on any atom is 0.230 e. The Hall–Kier alpha value is -3.52. The van der Waals surface area contributed by atoms with Gasteiger partial charge >= 0.3 is 0 Å². The van der Waals surface area contributed by atoms with Gasteiger partial charge in [0.15, 0.2) is 5.82 Å². The smallest absolute Gasteiger partial charge is 0.230 e. The summed E-state index contributed by atoms with van der Waals surface area (Å²) in [4.78, 5) is 28.3. The van der Waals surface area contributed by atoms with E-state index in [1.165, 1.54) is 11.9 Å². The van der Waals surface area contributed by atoms with Gasteiger partial charge in [-0.15, -0.1) is 0 Å². The number of piperidine rings is 1. The number of aromatic nitrogens is 3. The number of nitrogens with one attached hydrogen (secondary N) is 3. The number of carbonyl (C=O) groups excluding carboxylic acids is 1. The van der Waals surface area contributed by atoms with Crippen LogP contribution in [0, 0.1) is 5.92 Å². The largest absolute Gasteiger partial charge is 0.383 e. The molecular formula is C24H27N7O. The van der Waals surface area contributed by atoms with E-state index in [9.17, 15) is 4.79 Å². The topological polar surface area (TPSA) is 95.1 Å². The molecule has 8 heteroatoms. The van der Waals surface area contributed by atoms with E-state index in [0.717, 1.165) is 49.4 Å². The van der Waals surface area contributed by atoms with Crippen molar-refractivity contribution in [3.8, 4) is 11.4 Å². The SMILES string of the molecule is O=C1NCCNc2cccc(c2)-c2ncnc(n2)Nc2cccc(c2)CN2CCCC1C2. The Morgan fingerprint density at radius 1 is 0.969 bits per heavy atom. The van der Waals surface area contributed by atoms with Gasteiger partial charge in [-0.3, -0.25) is 9.69 Å². The molecule has 1 aromatic heterocycles. The standard InChI is InChI=1S/C24H27N7O/c32-23-19-6-3-11-31(15-19)14-17-4-1-8-21(12-17)29-24-28-16-27-22(30-24)18-5-2-7-20(13-18)25-9-10-26-23/h1-2,4-5,7-8,12-13,16,19,25H,3,6,9-11,14-15H2,(H,26,32)(H,27,28,29,30). The van der Waals surface area contributed by atoms with Gasteiger partial charge in [0.1, 0.15) is 6.33 Å². The Balaban J connectivity index is 1.45. The second-order valence-corrected chi connectivity index (χ2v) is 8.33. The van der Waals surface area contributed by atoms with Crippen LogP contribution in [0.5, 0.6) is 0 Å². The highest BCUT2D eigenvalue weighted by Crippen LogP contribution is 2.23. The zero-order chi connectivity index (χ0) is 21.8. The molecule has 2 atom stereocenters. The van der Waals surface area contributed by atoms with Crippen LogP contribution in [0.15, 0.2) is 54.9 Å². The van der Waals surface area contributed by atoms with Crippen molar-refractivity contribution >= 4 is 23.2 Å². The van der Waals surface area contributed by atoms with Crippen LogP contribution in [-0.2, 0) is 11.3 Å². The second-order valence-electron chi connectivity index (χ2n) is 8.33. The second kappa shape index (κ2) is 9.32. The van der Waals surface area contributed by atoms with E-state index in [1.807, 2.05) is 36.4 Å². The molecule has 0 aliphatic carbocycles. The van der Waals surface area contributed by atoms with Gasteiger partial charge < -0.3 is 16.0 Å². The van der Waals surface area contributed by atoms with Crippen LogP contribution in [-0.4, -0.2) is 51.9 Å². The van der Waals surface area contributed by atoms with Gasteiger partial charge in [0.25, 0.3) is 0 Å². The summed E-state index contributed by atoms with van der Waals surface area (Å²) in [6.07, 6.45) is 3.51. The first kappa shape index (κ1) is 20.4. The van der Waals surface area contributed by atoms with Gasteiger partial charge in [0, 0.05) is 43.1 Å². The lowest BCUT2D eigenvalue weighted by atomic mass is 9.96. The van der Waals surface area contributed by atoms with Crippen LogP contribution >= 0.6 is 0 Å². The first-order valence-corrected chi connectivity index (χ1v) is 11.1. The van der Waals surface area contributed by atoms with Crippen LogP contribution in [0.4, 0.5) is 17.3 Å². The molecule has 8 nitrogen and oxygen atoms in total. The molecule has 1 saturated heterocycles. The molecule has 8 bridgehead atoms. The molecule has 3 heterocycles. The molecule has 2 aromatic carbocycles. The molecule has 3 aromatic rings. The van der Waals surface area contributed by atoms with E-state index in [2.05, 4.69) is 47.9 Å². The Labute approximate surface area is 187 Å². The van der Waals surface area contributed by atoms with Crippen molar-refractivity contribution in [3.05, 3.63) is 60.4 Å². The zero-order valence-electron chi connectivity index (χ0n) is 17.9. The lowest BCUT2D eigenvalue weighted by Crippen LogP contribution is -2.43. The predicted octanol–water partition coefficient (Wildman–Crippen LogP) is 3.04. The summed E-state index contributed by atoms with van der Waals surface area (Å²) in [5, 5.41) is 9.78. The molecule has 2 aliphatic rings. The molecule has 0 radical (unpaired) electrons. The van der Waals surface area contributed by atoms with Crippen LogP contribution in [0.2, 0.25) is 0 Å². The number of fused-ring (bicyclic) bond motifs is 9. The third kappa shape index (κ3) is 4.86. The fourth-order valence-electron chi connectivity index (χ4n) is 4.35. The summed E-state index contributed by atoms with van der Waals surface area (Å²) < 4.78 is 0. The lowest BCUT2D eigenvalue weighted by molar-refractivity contribution is -0.126. The minimum Gasteiger partial charge on any atom is -0.383 e. The van der Waals surface area contributed by atoms with Gasteiger partial charge in [-0.2, -0.15) is 4.98 Å². The fraction of sp³-hybridized carbons (Fsp3) is 0.333. The van der Waals surface area contributed by atoms with Gasteiger partial charge in [-0.05, 0) is 49.2 Å². The average molecular weight is 430 g/mol. The molecule has 164 valence electrons. The third-order valence-electron chi connectivity index (χ3n) is 5.91. The summed E-state index contributed by atoms with van der Waals surface area (Å²) in [6, 6.07) is 16.2. The van der Waals surface area contributed by atoms with Crippen molar-refractivity contribution in [3.63, 3.8) is 0 Å². The molecule has 2 unspecified atom stereocenters. The van der Waals surface area contributed by atoms with Crippen molar-refractivity contribution in [1.82, 2.24) is 25.2 Å². The van der Waals surface area contributed by atoms with Crippen LogP contribution < -0.4 is 16.0 Å². The van der Waals surface area contributed by atoms with Crippen molar-refractivity contribution < 1.29 is 4.79 Å². The van der Waals surface area contributed by atoms with E-state index >= 15 is 0 Å². The first-order chi connectivity index (χ1) is 15.7. The lowest BCUT2D eigenvalue weighted by Gasteiger charge is -2.32. The molecule has 2 aliphatic heterocycles. The van der Waals surface area contributed by atoms with Crippen molar-refractivity contribution in [2.24, 2.45) is 5.92 Å². The minimum atomic E-state index is 0.0384. The van der Waals surface area contributed by atoms with Gasteiger partial charge in [-0.1, -0.05) is 24.3 Å². The Bertz CT molecular complexity index is 1100. The highest BCUT2D eigenvalue weighted by molar-refractivity contribution is 5.79. The summed E-state index contributed by atoms with van der Waals surface area (Å²) in [6.45, 7) is 3.85. The predicted molar refractivity (Wildman–Crippen MR) is 124 cm³/mol. The number of hydrogen-bond donors (Lipinski definition) is 3. The first-order valence-electron chi connectivity index (χ1n) is 11.1. The van der Waals surface area contributed by atoms with Crippen LogP contribution in [0.25, 0.3) is 11.4 Å². The Morgan fingerprint density at radius 2 is 1.84 bits per heavy atom. The van der Waals surface area contributed by atoms with Gasteiger partial charge in [0.2, 0.25) is 11.9 Å².